The molecular weight excluding hydrogens is 278 g/mol. The Bertz CT molecular complexity index is 467. The van der Waals surface area contributed by atoms with Crippen molar-refractivity contribution >= 4 is 11.6 Å². The number of hydrogen-bond acceptors (Lipinski definition) is 4. The zero-order valence-electron chi connectivity index (χ0n) is 13.8. The van der Waals surface area contributed by atoms with Crippen LogP contribution < -0.4 is 5.32 Å². The minimum absolute atomic E-state index is 0.181. The van der Waals surface area contributed by atoms with Gasteiger partial charge in [0.1, 0.15) is 0 Å². The predicted octanol–water partition coefficient (Wildman–Crippen LogP) is 1.80. The van der Waals surface area contributed by atoms with Crippen LogP contribution in [0.4, 0.5) is 5.69 Å². The second-order valence-corrected chi connectivity index (χ2v) is 5.98. The molecule has 0 aromatic heterocycles. The highest BCUT2D eigenvalue weighted by Gasteiger charge is 2.18. The van der Waals surface area contributed by atoms with Crippen LogP contribution in [0, 0.1) is 0 Å². The highest BCUT2D eigenvalue weighted by Crippen LogP contribution is 2.14. The van der Waals surface area contributed by atoms with Gasteiger partial charge >= 0.3 is 0 Å². The van der Waals surface area contributed by atoms with Gasteiger partial charge in [0, 0.05) is 58.5 Å². The van der Waals surface area contributed by atoms with Crippen LogP contribution in [0.15, 0.2) is 24.3 Å². The van der Waals surface area contributed by atoms with Gasteiger partial charge in [0.05, 0.1) is 6.61 Å². The Kier molecular flexibility index (Phi) is 6.21. The van der Waals surface area contributed by atoms with E-state index >= 15 is 0 Å². The van der Waals surface area contributed by atoms with E-state index in [9.17, 15) is 4.79 Å². The van der Waals surface area contributed by atoms with Crippen LogP contribution in [-0.4, -0.2) is 61.6 Å². The number of nitrogens with zero attached hydrogens (tertiary/aromatic N) is 2. The topological polar surface area (TPSA) is 44.8 Å². The number of methoxy groups -OCH3 is 1. The molecule has 122 valence electrons. The van der Waals surface area contributed by atoms with Gasteiger partial charge in [-0.1, -0.05) is 12.1 Å². The van der Waals surface area contributed by atoms with Crippen molar-refractivity contribution in [1.82, 2.24) is 9.80 Å². The van der Waals surface area contributed by atoms with Gasteiger partial charge in [-0.15, -0.1) is 0 Å². The summed E-state index contributed by atoms with van der Waals surface area (Å²) in [5, 5.41) is 3.41. The number of rotatable bonds is 6. The van der Waals surface area contributed by atoms with Crippen LogP contribution >= 0.6 is 0 Å². The van der Waals surface area contributed by atoms with Gasteiger partial charge in [-0.25, -0.2) is 0 Å². The van der Waals surface area contributed by atoms with Crippen LogP contribution in [0.3, 0.4) is 0 Å². The molecule has 22 heavy (non-hydrogen) atoms. The summed E-state index contributed by atoms with van der Waals surface area (Å²) in [6, 6.07) is 8.87. The predicted molar refractivity (Wildman–Crippen MR) is 88.9 cm³/mol. The highest BCUT2D eigenvalue weighted by molar-refractivity contribution is 5.73. The number of ether oxygens (including phenoxy) is 1. The van der Waals surface area contributed by atoms with E-state index in [0.717, 1.165) is 38.4 Å². The van der Waals surface area contributed by atoms with Gasteiger partial charge in [-0.2, -0.15) is 0 Å². The van der Waals surface area contributed by atoms with Gasteiger partial charge in [0.25, 0.3) is 0 Å². The smallest absolute Gasteiger partial charge is 0.219 e. The quantitative estimate of drug-likeness (QED) is 0.870. The van der Waals surface area contributed by atoms with E-state index < -0.39 is 0 Å². The van der Waals surface area contributed by atoms with Crippen molar-refractivity contribution in [1.29, 1.82) is 0 Å². The highest BCUT2D eigenvalue weighted by atomic mass is 16.5. The molecule has 0 aliphatic carbocycles. The molecule has 1 saturated heterocycles. The maximum Gasteiger partial charge on any atom is 0.219 e. The van der Waals surface area contributed by atoms with Crippen LogP contribution in [0.5, 0.6) is 0 Å². The molecule has 5 heteroatoms. The number of benzene rings is 1. The van der Waals surface area contributed by atoms with E-state index in [2.05, 4.69) is 41.4 Å². The normalized spacial score (nSPS) is 17.3. The molecule has 1 heterocycles. The van der Waals surface area contributed by atoms with E-state index in [4.69, 9.17) is 4.74 Å². The molecule has 1 aliphatic heterocycles. The average Bonchev–Trinajstić information content (AvgIpc) is 2.50. The summed E-state index contributed by atoms with van der Waals surface area (Å²) < 4.78 is 5.13. The van der Waals surface area contributed by atoms with Crippen molar-refractivity contribution in [2.75, 3.05) is 45.2 Å². The lowest BCUT2D eigenvalue weighted by Gasteiger charge is -2.34. The third kappa shape index (κ3) is 5.00. The van der Waals surface area contributed by atoms with Gasteiger partial charge in [0.15, 0.2) is 0 Å². The zero-order valence-corrected chi connectivity index (χ0v) is 13.8. The van der Waals surface area contributed by atoms with Gasteiger partial charge in [0.2, 0.25) is 5.91 Å². The Labute approximate surface area is 133 Å². The second-order valence-electron chi connectivity index (χ2n) is 5.98. The molecule has 2 rings (SSSR count). The summed E-state index contributed by atoms with van der Waals surface area (Å²) >= 11 is 0. The summed E-state index contributed by atoms with van der Waals surface area (Å²) in [5.74, 6) is 0.181. The minimum atomic E-state index is 0.181. The third-order valence-electron chi connectivity index (χ3n) is 4.01. The number of nitrogens with one attached hydrogen (secondary N) is 1. The Morgan fingerprint density at radius 1 is 1.23 bits per heavy atom. The lowest BCUT2D eigenvalue weighted by atomic mass is 10.1. The fourth-order valence-corrected chi connectivity index (χ4v) is 2.76. The Hall–Kier alpha value is -1.59. The Morgan fingerprint density at radius 3 is 2.41 bits per heavy atom. The number of hydrogen-bond donors (Lipinski definition) is 1. The van der Waals surface area contributed by atoms with E-state index in [-0.39, 0.29) is 5.91 Å². The van der Waals surface area contributed by atoms with Crippen molar-refractivity contribution in [2.45, 2.75) is 26.4 Å². The molecule has 1 amide bonds. The summed E-state index contributed by atoms with van der Waals surface area (Å²) in [5.41, 5.74) is 2.43. The summed E-state index contributed by atoms with van der Waals surface area (Å²) in [7, 11) is 1.72. The van der Waals surface area contributed by atoms with E-state index in [0.29, 0.717) is 12.6 Å². The lowest BCUT2D eigenvalue weighted by molar-refractivity contribution is -0.130. The zero-order chi connectivity index (χ0) is 15.9. The molecule has 1 fully saturated rings. The molecule has 1 atom stereocenters. The van der Waals surface area contributed by atoms with Gasteiger partial charge < -0.3 is 15.0 Å². The number of anilines is 1. The molecule has 5 nitrogen and oxygen atoms in total. The molecule has 1 aromatic rings. The van der Waals surface area contributed by atoms with E-state index in [1.54, 1.807) is 14.0 Å². The first kappa shape index (κ1) is 16.8. The lowest BCUT2D eigenvalue weighted by Crippen LogP contribution is -2.47. The van der Waals surface area contributed by atoms with Crippen molar-refractivity contribution < 1.29 is 9.53 Å². The second kappa shape index (κ2) is 8.15. The largest absolute Gasteiger partial charge is 0.383 e. The van der Waals surface area contributed by atoms with Crippen LogP contribution in [0.1, 0.15) is 19.4 Å². The van der Waals surface area contributed by atoms with Gasteiger partial charge in [-0.3, -0.25) is 9.69 Å². The minimum Gasteiger partial charge on any atom is -0.383 e. The first-order valence-corrected chi connectivity index (χ1v) is 7.90. The maximum absolute atomic E-state index is 11.3. The fourth-order valence-electron chi connectivity index (χ4n) is 2.76. The number of carbonyl (C=O) groups excluding carboxylic acids is 1. The summed E-state index contributed by atoms with van der Waals surface area (Å²) in [6.45, 7) is 8.96. The number of amides is 1. The fraction of sp³-hybridized carbons (Fsp3) is 0.588. The molecule has 0 saturated carbocycles. The molecule has 1 unspecified atom stereocenters. The first-order valence-electron chi connectivity index (χ1n) is 7.90. The van der Waals surface area contributed by atoms with Crippen molar-refractivity contribution in [3.05, 3.63) is 29.8 Å². The molecular formula is C17H27N3O2. The SMILES string of the molecule is COCC(C)Nc1ccc(CN2CCN(C(C)=O)CC2)cc1. The molecule has 0 bridgehead atoms. The summed E-state index contributed by atoms with van der Waals surface area (Å²) in [4.78, 5) is 15.6. The first-order chi connectivity index (χ1) is 10.6. The number of piperazine rings is 1. The third-order valence-corrected chi connectivity index (χ3v) is 4.01. The molecule has 1 aromatic carbocycles. The van der Waals surface area contributed by atoms with Crippen LogP contribution in [-0.2, 0) is 16.1 Å². The van der Waals surface area contributed by atoms with Crippen molar-refractivity contribution in [3.8, 4) is 0 Å². The average molecular weight is 305 g/mol. The molecule has 0 radical (unpaired) electrons. The van der Waals surface area contributed by atoms with E-state index in [1.807, 2.05) is 4.90 Å². The monoisotopic (exact) mass is 305 g/mol. The summed E-state index contributed by atoms with van der Waals surface area (Å²) in [6.07, 6.45) is 0. The molecule has 0 spiro atoms. The Morgan fingerprint density at radius 2 is 1.86 bits per heavy atom. The Balaban J connectivity index is 1.80. The maximum atomic E-state index is 11.3. The van der Waals surface area contributed by atoms with Crippen LogP contribution in [0.2, 0.25) is 0 Å². The van der Waals surface area contributed by atoms with E-state index in [1.165, 1.54) is 5.56 Å². The van der Waals surface area contributed by atoms with Crippen molar-refractivity contribution in [2.24, 2.45) is 0 Å². The van der Waals surface area contributed by atoms with Crippen LogP contribution in [0.25, 0.3) is 0 Å². The number of carbonyl (C=O) groups is 1. The van der Waals surface area contributed by atoms with Crippen molar-refractivity contribution in [3.63, 3.8) is 0 Å². The standard InChI is InChI=1S/C17H27N3O2/c1-14(13-22-3)18-17-6-4-16(5-7-17)12-19-8-10-20(11-9-19)15(2)21/h4-7,14,18H,8-13H2,1-3H3. The molecule has 1 aliphatic rings. The molecule has 1 N–H and O–H groups in total. The van der Waals surface area contributed by atoms with Gasteiger partial charge in [-0.05, 0) is 24.6 Å².